The van der Waals surface area contributed by atoms with Gasteiger partial charge in [-0.15, -0.1) is 0 Å². The number of nitrogens with zero attached hydrogens (tertiary/aromatic N) is 4. The Balaban J connectivity index is 2.05. The normalized spacial score (nSPS) is 10.8. The summed E-state index contributed by atoms with van der Waals surface area (Å²) in [6, 6.07) is 5.65. The number of rotatable bonds is 2. The molecule has 3 rings (SSSR count). The van der Waals surface area contributed by atoms with E-state index in [4.69, 9.17) is 10.3 Å². The summed E-state index contributed by atoms with van der Waals surface area (Å²) >= 11 is 1.22. The van der Waals surface area contributed by atoms with Crippen molar-refractivity contribution >= 4 is 16.5 Å². The minimum absolute atomic E-state index is 0.377. The predicted octanol–water partition coefficient (Wildman–Crippen LogP) is 2.45. The molecular weight excluding hydrogens is 262 g/mol. The van der Waals surface area contributed by atoms with Crippen LogP contribution in [0.3, 0.4) is 0 Å². The van der Waals surface area contributed by atoms with Gasteiger partial charge in [0, 0.05) is 5.69 Å². The van der Waals surface area contributed by atoms with Crippen LogP contribution in [0, 0.1) is 13.8 Å². The molecule has 0 aliphatic heterocycles. The molecule has 3 aromatic rings. The van der Waals surface area contributed by atoms with Crippen LogP contribution in [-0.4, -0.2) is 19.5 Å². The lowest BCUT2D eigenvalue weighted by Crippen LogP contribution is -1.89. The van der Waals surface area contributed by atoms with Crippen LogP contribution in [0.5, 0.6) is 0 Å². The second-order valence-corrected chi connectivity index (χ2v) is 4.90. The van der Waals surface area contributed by atoms with Gasteiger partial charge in [0.15, 0.2) is 0 Å². The van der Waals surface area contributed by atoms with E-state index in [0.717, 1.165) is 11.4 Å². The van der Waals surface area contributed by atoms with Crippen LogP contribution in [0.2, 0.25) is 0 Å². The molecule has 0 unspecified atom stereocenters. The van der Waals surface area contributed by atoms with Crippen molar-refractivity contribution in [3.8, 4) is 23.0 Å². The lowest BCUT2D eigenvalue weighted by Gasteiger charge is -1.94. The fourth-order valence-electron chi connectivity index (χ4n) is 1.74. The largest absolute Gasteiger partial charge is 0.389 e. The van der Waals surface area contributed by atoms with E-state index in [1.807, 2.05) is 32.0 Å². The number of aryl methyl sites for hydroxylation is 2. The van der Waals surface area contributed by atoms with E-state index >= 15 is 0 Å². The summed E-state index contributed by atoms with van der Waals surface area (Å²) in [4.78, 5) is 8.69. The quantitative estimate of drug-likeness (QED) is 0.771. The van der Waals surface area contributed by atoms with Crippen LogP contribution in [0.4, 0.5) is 5.00 Å². The van der Waals surface area contributed by atoms with Gasteiger partial charge in [-0.05, 0) is 37.5 Å². The molecule has 0 aromatic carbocycles. The standard InChI is InChI=1S/C12H11N5OS/c1-6-4-3-5-8(14-6)11-15-12(18-16-11)9-7(2)17-19-10(9)13/h3-5H,13H2,1-2H3. The molecule has 0 fully saturated rings. The van der Waals surface area contributed by atoms with E-state index in [-0.39, 0.29) is 0 Å². The third kappa shape index (κ3) is 2.08. The van der Waals surface area contributed by atoms with E-state index < -0.39 is 0 Å². The van der Waals surface area contributed by atoms with Crippen molar-refractivity contribution in [3.63, 3.8) is 0 Å². The van der Waals surface area contributed by atoms with E-state index in [0.29, 0.717) is 28.0 Å². The van der Waals surface area contributed by atoms with Crippen molar-refractivity contribution in [1.82, 2.24) is 19.5 Å². The van der Waals surface area contributed by atoms with Crippen molar-refractivity contribution in [2.75, 3.05) is 5.73 Å². The Morgan fingerprint density at radius 3 is 2.74 bits per heavy atom. The highest BCUT2D eigenvalue weighted by atomic mass is 32.1. The van der Waals surface area contributed by atoms with Gasteiger partial charge in [-0.3, -0.25) is 0 Å². The number of hydrogen-bond acceptors (Lipinski definition) is 7. The molecule has 96 valence electrons. The van der Waals surface area contributed by atoms with Gasteiger partial charge in [-0.1, -0.05) is 11.2 Å². The van der Waals surface area contributed by atoms with Gasteiger partial charge in [0.1, 0.15) is 10.7 Å². The molecule has 0 atom stereocenters. The summed E-state index contributed by atoms with van der Waals surface area (Å²) in [6.45, 7) is 3.77. The first kappa shape index (κ1) is 11.8. The molecule has 0 saturated heterocycles. The molecule has 0 spiro atoms. The first-order chi connectivity index (χ1) is 9.15. The van der Waals surface area contributed by atoms with Crippen molar-refractivity contribution < 1.29 is 4.52 Å². The van der Waals surface area contributed by atoms with Crippen molar-refractivity contribution in [2.24, 2.45) is 0 Å². The smallest absolute Gasteiger partial charge is 0.263 e. The Labute approximate surface area is 113 Å². The van der Waals surface area contributed by atoms with Gasteiger partial charge in [0.2, 0.25) is 5.82 Å². The fraction of sp³-hybridized carbons (Fsp3) is 0.167. The van der Waals surface area contributed by atoms with Crippen LogP contribution in [0.25, 0.3) is 23.0 Å². The lowest BCUT2D eigenvalue weighted by molar-refractivity contribution is 0.432. The second kappa shape index (κ2) is 4.43. The molecule has 0 saturated carbocycles. The minimum atomic E-state index is 0.377. The molecule has 19 heavy (non-hydrogen) atoms. The topological polar surface area (TPSA) is 90.7 Å². The first-order valence-electron chi connectivity index (χ1n) is 5.65. The Bertz CT molecular complexity index is 714. The second-order valence-electron chi connectivity index (χ2n) is 4.09. The molecule has 0 radical (unpaired) electrons. The summed E-state index contributed by atoms with van der Waals surface area (Å²) < 4.78 is 9.41. The van der Waals surface area contributed by atoms with Crippen molar-refractivity contribution in [2.45, 2.75) is 13.8 Å². The van der Waals surface area contributed by atoms with Gasteiger partial charge in [-0.25, -0.2) is 4.98 Å². The van der Waals surface area contributed by atoms with Crippen LogP contribution in [0.15, 0.2) is 22.7 Å². The van der Waals surface area contributed by atoms with Gasteiger partial charge >= 0.3 is 0 Å². The number of nitrogens with two attached hydrogens (primary N) is 1. The third-order valence-corrected chi connectivity index (χ3v) is 3.41. The van der Waals surface area contributed by atoms with Crippen molar-refractivity contribution in [3.05, 3.63) is 29.6 Å². The molecule has 0 bridgehead atoms. The van der Waals surface area contributed by atoms with Crippen LogP contribution in [-0.2, 0) is 0 Å². The van der Waals surface area contributed by atoms with Gasteiger partial charge in [0.05, 0.1) is 11.3 Å². The predicted molar refractivity (Wildman–Crippen MR) is 72.5 cm³/mol. The Morgan fingerprint density at radius 2 is 2.05 bits per heavy atom. The molecule has 0 aliphatic rings. The minimum Gasteiger partial charge on any atom is -0.389 e. The summed E-state index contributed by atoms with van der Waals surface area (Å²) in [7, 11) is 0. The molecule has 7 heteroatoms. The van der Waals surface area contributed by atoms with Gasteiger partial charge in [0.25, 0.3) is 5.89 Å². The molecular formula is C12H11N5OS. The number of aromatic nitrogens is 4. The zero-order valence-corrected chi connectivity index (χ0v) is 11.2. The van der Waals surface area contributed by atoms with E-state index in [1.165, 1.54) is 11.5 Å². The maximum atomic E-state index is 5.86. The average Bonchev–Trinajstić information content (AvgIpc) is 2.97. The van der Waals surface area contributed by atoms with E-state index in [9.17, 15) is 0 Å². The molecule has 3 heterocycles. The Hall–Kier alpha value is -2.28. The average molecular weight is 273 g/mol. The molecule has 0 amide bonds. The number of pyridine rings is 1. The summed E-state index contributed by atoms with van der Waals surface area (Å²) in [6.07, 6.45) is 0. The Morgan fingerprint density at radius 1 is 1.21 bits per heavy atom. The lowest BCUT2D eigenvalue weighted by atomic mass is 10.2. The SMILES string of the molecule is Cc1cccc(-c2noc(-c3c(C)nsc3N)n2)n1. The molecule has 0 aliphatic carbocycles. The van der Waals surface area contributed by atoms with Crippen LogP contribution < -0.4 is 5.73 Å². The van der Waals surface area contributed by atoms with Crippen LogP contribution >= 0.6 is 11.5 Å². The maximum Gasteiger partial charge on any atom is 0.263 e. The Kier molecular flexibility index (Phi) is 2.75. The molecule has 3 aromatic heterocycles. The first-order valence-corrected chi connectivity index (χ1v) is 6.42. The number of hydrogen-bond donors (Lipinski definition) is 1. The maximum absolute atomic E-state index is 5.86. The third-order valence-electron chi connectivity index (χ3n) is 2.65. The summed E-state index contributed by atoms with van der Waals surface area (Å²) in [5, 5.41) is 4.51. The van der Waals surface area contributed by atoms with Gasteiger partial charge in [-0.2, -0.15) is 9.36 Å². The number of anilines is 1. The van der Waals surface area contributed by atoms with E-state index in [2.05, 4.69) is 19.5 Å². The zero-order chi connectivity index (χ0) is 13.4. The molecule has 2 N–H and O–H groups in total. The molecule has 6 nitrogen and oxygen atoms in total. The van der Waals surface area contributed by atoms with Gasteiger partial charge < -0.3 is 10.3 Å². The van der Waals surface area contributed by atoms with Crippen LogP contribution in [0.1, 0.15) is 11.4 Å². The zero-order valence-electron chi connectivity index (χ0n) is 10.4. The van der Waals surface area contributed by atoms with E-state index in [1.54, 1.807) is 0 Å². The highest BCUT2D eigenvalue weighted by Gasteiger charge is 2.18. The highest BCUT2D eigenvalue weighted by molar-refractivity contribution is 7.10. The highest BCUT2D eigenvalue weighted by Crippen LogP contribution is 2.31. The summed E-state index contributed by atoms with van der Waals surface area (Å²) in [5.41, 5.74) is 8.93. The summed E-state index contributed by atoms with van der Waals surface area (Å²) in [5.74, 6) is 0.825. The fourth-order valence-corrected chi connectivity index (χ4v) is 2.40. The number of nitrogen functional groups attached to an aromatic ring is 1. The van der Waals surface area contributed by atoms with Crippen molar-refractivity contribution in [1.29, 1.82) is 0 Å². The monoisotopic (exact) mass is 273 g/mol.